The van der Waals surface area contributed by atoms with E-state index in [-0.39, 0.29) is 11.9 Å². The number of rotatable bonds is 2. The molecule has 134 valence electrons. The van der Waals surface area contributed by atoms with Crippen molar-refractivity contribution in [2.24, 2.45) is 0 Å². The molecule has 6 heteroatoms. The maximum atomic E-state index is 13.4. The number of amides is 1. The van der Waals surface area contributed by atoms with Gasteiger partial charge in [0.1, 0.15) is 0 Å². The highest BCUT2D eigenvalue weighted by Crippen LogP contribution is 2.39. The Labute approximate surface area is 165 Å². The van der Waals surface area contributed by atoms with E-state index in [0.29, 0.717) is 17.1 Å². The van der Waals surface area contributed by atoms with Crippen molar-refractivity contribution in [1.29, 1.82) is 0 Å². The van der Waals surface area contributed by atoms with Crippen molar-refractivity contribution < 1.29 is 4.79 Å². The first-order valence-corrected chi connectivity index (χ1v) is 10.0. The van der Waals surface area contributed by atoms with Crippen molar-refractivity contribution in [2.75, 3.05) is 6.54 Å². The lowest BCUT2D eigenvalue weighted by Crippen LogP contribution is -2.40. The van der Waals surface area contributed by atoms with Crippen molar-refractivity contribution in [3.8, 4) is 0 Å². The number of nitrogens with one attached hydrogen (secondary N) is 1. The molecule has 1 aliphatic rings. The van der Waals surface area contributed by atoms with Gasteiger partial charge in [0.05, 0.1) is 23.4 Å². The maximum Gasteiger partial charge on any atom is 0.254 e. The lowest BCUT2D eigenvalue weighted by Gasteiger charge is -2.36. The van der Waals surface area contributed by atoms with Gasteiger partial charge in [0, 0.05) is 22.0 Å². The van der Waals surface area contributed by atoms with Gasteiger partial charge in [0.15, 0.2) is 0 Å². The summed E-state index contributed by atoms with van der Waals surface area (Å²) in [7, 11) is 0. The fraction of sp³-hybridized carbons (Fsp3) is 0.143. The summed E-state index contributed by atoms with van der Waals surface area (Å²) in [6.07, 6.45) is 2.52. The molecule has 0 fully saturated rings. The Balaban J connectivity index is 1.58. The first-order chi connectivity index (χ1) is 13.2. The first-order valence-electron chi connectivity index (χ1n) is 8.76. The van der Waals surface area contributed by atoms with E-state index in [1.165, 1.54) is 10.4 Å². The van der Waals surface area contributed by atoms with Gasteiger partial charge in [-0.25, -0.2) is 4.98 Å². The lowest BCUT2D eigenvalue weighted by atomic mass is 9.94. The van der Waals surface area contributed by atoms with Crippen LogP contribution in [0.5, 0.6) is 0 Å². The minimum absolute atomic E-state index is 0.0329. The van der Waals surface area contributed by atoms with Crippen LogP contribution in [0.3, 0.4) is 0 Å². The van der Waals surface area contributed by atoms with Gasteiger partial charge in [0.25, 0.3) is 5.91 Å². The van der Waals surface area contributed by atoms with Crippen LogP contribution in [0, 0.1) is 0 Å². The fourth-order valence-corrected chi connectivity index (χ4v) is 4.95. The van der Waals surface area contributed by atoms with Crippen molar-refractivity contribution in [2.45, 2.75) is 12.5 Å². The molecule has 0 aliphatic carbocycles. The molecule has 5 rings (SSSR count). The first kappa shape index (κ1) is 16.5. The summed E-state index contributed by atoms with van der Waals surface area (Å²) in [5.41, 5.74) is 4.82. The Morgan fingerprint density at radius 2 is 2.04 bits per heavy atom. The summed E-state index contributed by atoms with van der Waals surface area (Å²) in [4.78, 5) is 23.9. The lowest BCUT2D eigenvalue weighted by molar-refractivity contribution is 0.0698. The molecule has 1 aliphatic heterocycles. The van der Waals surface area contributed by atoms with E-state index in [4.69, 9.17) is 11.6 Å². The van der Waals surface area contributed by atoms with Gasteiger partial charge in [-0.2, -0.15) is 0 Å². The Bertz CT molecular complexity index is 1130. The second kappa shape index (κ2) is 6.51. The van der Waals surface area contributed by atoms with Gasteiger partial charge >= 0.3 is 0 Å². The van der Waals surface area contributed by atoms with Gasteiger partial charge < -0.3 is 9.88 Å². The van der Waals surface area contributed by atoms with Crippen molar-refractivity contribution in [1.82, 2.24) is 14.9 Å². The number of imidazole rings is 1. The predicted octanol–water partition coefficient (Wildman–Crippen LogP) is 5.07. The Hall–Kier alpha value is -2.63. The molecule has 27 heavy (non-hydrogen) atoms. The van der Waals surface area contributed by atoms with Gasteiger partial charge in [-0.15, -0.1) is 11.3 Å². The largest absolute Gasteiger partial charge is 0.345 e. The molecule has 0 saturated carbocycles. The summed E-state index contributed by atoms with van der Waals surface area (Å²) in [6.45, 7) is 0.691. The molecular formula is C21H16ClN3OS. The van der Waals surface area contributed by atoms with Crippen LogP contribution in [0.25, 0.3) is 11.0 Å². The topological polar surface area (TPSA) is 49.0 Å². The number of carbonyl (C=O) groups excluding carboxylic acids is 1. The quantitative estimate of drug-likeness (QED) is 0.517. The molecule has 2 aromatic carbocycles. The number of fused-ring (bicyclic) bond motifs is 2. The summed E-state index contributed by atoms with van der Waals surface area (Å²) < 4.78 is 0. The number of halogens is 1. The second-order valence-electron chi connectivity index (χ2n) is 6.65. The number of carbonyl (C=O) groups is 1. The SMILES string of the molecule is O=C(c1ccc2nc[nH]c2c1)N1CCc2ccsc2C1c1ccc(Cl)cc1. The molecule has 1 N–H and O–H groups in total. The summed E-state index contributed by atoms with van der Waals surface area (Å²) >= 11 is 7.79. The molecule has 0 bridgehead atoms. The molecule has 2 aromatic heterocycles. The molecule has 0 saturated heterocycles. The monoisotopic (exact) mass is 393 g/mol. The average molecular weight is 394 g/mol. The van der Waals surface area contributed by atoms with E-state index in [2.05, 4.69) is 21.4 Å². The smallest absolute Gasteiger partial charge is 0.254 e. The number of H-pyrrole nitrogens is 1. The molecule has 0 radical (unpaired) electrons. The molecular weight excluding hydrogens is 378 g/mol. The molecule has 3 heterocycles. The van der Waals surface area contributed by atoms with Crippen LogP contribution < -0.4 is 0 Å². The zero-order valence-electron chi connectivity index (χ0n) is 14.4. The number of aromatic nitrogens is 2. The molecule has 1 unspecified atom stereocenters. The van der Waals surface area contributed by atoms with E-state index < -0.39 is 0 Å². The maximum absolute atomic E-state index is 13.4. The molecule has 0 spiro atoms. The highest BCUT2D eigenvalue weighted by Gasteiger charge is 2.33. The summed E-state index contributed by atoms with van der Waals surface area (Å²) in [5, 5.41) is 2.81. The van der Waals surface area contributed by atoms with Crippen LogP contribution in [0.1, 0.15) is 32.4 Å². The minimum atomic E-state index is -0.0871. The highest BCUT2D eigenvalue weighted by molar-refractivity contribution is 7.10. The van der Waals surface area contributed by atoms with E-state index in [0.717, 1.165) is 23.0 Å². The predicted molar refractivity (Wildman–Crippen MR) is 108 cm³/mol. The fourth-order valence-electron chi connectivity index (χ4n) is 3.74. The zero-order valence-corrected chi connectivity index (χ0v) is 15.9. The van der Waals surface area contributed by atoms with Gasteiger partial charge in [-0.1, -0.05) is 23.7 Å². The number of thiophene rings is 1. The van der Waals surface area contributed by atoms with Crippen LogP contribution >= 0.6 is 22.9 Å². The van der Waals surface area contributed by atoms with Gasteiger partial charge in [-0.05, 0) is 59.3 Å². The zero-order chi connectivity index (χ0) is 18.4. The Morgan fingerprint density at radius 3 is 2.89 bits per heavy atom. The van der Waals surface area contributed by atoms with Crippen molar-refractivity contribution in [3.63, 3.8) is 0 Å². The van der Waals surface area contributed by atoms with E-state index in [1.807, 2.05) is 47.4 Å². The van der Waals surface area contributed by atoms with Gasteiger partial charge in [0.2, 0.25) is 0 Å². The normalized spacial score (nSPS) is 16.5. The van der Waals surface area contributed by atoms with Crippen LogP contribution in [0.2, 0.25) is 5.02 Å². The van der Waals surface area contributed by atoms with Gasteiger partial charge in [-0.3, -0.25) is 4.79 Å². The van der Waals surface area contributed by atoms with Crippen LogP contribution in [-0.2, 0) is 6.42 Å². The number of nitrogens with zero attached hydrogens (tertiary/aromatic N) is 2. The van der Waals surface area contributed by atoms with Crippen LogP contribution in [-0.4, -0.2) is 27.3 Å². The van der Waals surface area contributed by atoms with Crippen LogP contribution in [0.4, 0.5) is 0 Å². The standard InChI is InChI=1S/C21H16ClN3OS/c22-16-4-1-13(2-5-16)19-20-14(8-10-27-20)7-9-25(19)21(26)15-3-6-17-18(11-15)24-12-23-17/h1-6,8,10-12,19H,7,9H2,(H,23,24). The van der Waals surface area contributed by atoms with Crippen LogP contribution in [0.15, 0.2) is 60.2 Å². The Kier molecular flexibility index (Phi) is 3.99. The summed E-state index contributed by atoms with van der Waals surface area (Å²) in [6, 6.07) is 15.5. The third-order valence-electron chi connectivity index (χ3n) is 5.08. The third kappa shape index (κ3) is 2.83. The molecule has 1 amide bonds. The van der Waals surface area contributed by atoms with Crippen molar-refractivity contribution >= 4 is 39.9 Å². The third-order valence-corrected chi connectivity index (χ3v) is 6.34. The molecule has 4 nitrogen and oxygen atoms in total. The van der Waals surface area contributed by atoms with E-state index >= 15 is 0 Å². The number of benzene rings is 2. The minimum Gasteiger partial charge on any atom is -0.345 e. The number of hydrogen-bond donors (Lipinski definition) is 1. The molecule has 1 atom stereocenters. The molecule has 4 aromatic rings. The van der Waals surface area contributed by atoms with Crippen molar-refractivity contribution in [3.05, 3.63) is 86.8 Å². The highest BCUT2D eigenvalue weighted by atomic mass is 35.5. The Morgan fingerprint density at radius 1 is 1.19 bits per heavy atom. The summed E-state index contributed by atoms with van der Waals surface area (Å²) in [5.74, 6) is 0.0329. The average Bonchev–Trinajstić information content (AvgIpc) is 3.35. The van der Waals surface area contributed by atoms with E-state index in [9.17, 15) is 4.79 Å². The van der Waals surface area contributed by atoms with E-state index in [1.54, 1.807) is 17.7 Å². The number of hydrogen-bond acceptors (Lipinski definition) is 3. The second-order valence-corrected chi connectivity index (χ2v) is 8.03. The number of aromatic amines is 1.